The van der Waals surface area contributed by atoms with Crippen LogP contribution >= 0.6 is 0 Å². The lowest BCUT2D eigenvalue weighted by Gasteiger charge is -2.35. The molecule has 0 aromatic carbocycles. The summed E-state index contributed by atoms with van der Waals surface area (Å²) < 4.78 is 40.6. The molecule has 0 aromatic rings. The zero-order valence-corrected chi connectivity index (χ0v) is 9.97. The Labute approximate surface area is 98.4 Å². The van der Waals surface area contributed by atoms with Crippen molar-refractivity contribution in [2.75, 3.05) is 20.6 Å². The summed E-state index contributed by atoms with van der Waals surface area (Å²) in [5, 5.41) is 0. The maximum atomic E-state index is 12.1. The molecule has 0 N–H and O–H groups in total. The molecule has 0 radical (unpaired) electrons. The highest BCUT2D eigenvalue weighted by molar-refractivity contribution is 5.75. The predicted molar refractivity (Wildman–Crippen MR) is 56.6 cm³/mol. The fourth-order valence-corrected chi connectivity index (χ4v) is 1.33. The number of halogens is 3. The van der Waals surface area contributed by atoms with E-state index < -0.39 is 18.4 Å². The van der Waals surface area contributed by atoms with E-state index in [0.717, 1.165) is 0 Å². The molecule has 0 bridgehead atoms. The summed E-state index contributed by atoms with van der Waals surface area (Å²) in [6.45, 7) is 5.10. The second kappa shape index (κ2) is 5.23. The van der Waals surface area contributed by atoms with Crippen molar-refractivity contribution in [1.82, 2.24) is 0 Å². The zero-order valence-electron chi connectivity index (χ0n) is 9.97. The first-order chi connectivity index (χ1) is 7.52. The number of carbonyl (C=O) groups excluding carboxylic acids is 1. The van der Waals surface area contributed by atoms with Crippen LogP contribution in [0.5, 0.6) is 0 Å². The number of nitrogens with zero attached hydrogens (tertiary/aromatic N) is 1. The Balaban J connectivity index is 4.98. The Kier molecular flexibility index (Phi) is 4.78. The molecule has 0 aliphatic heterocycles. The van der Waals surface area contributed by atoms with Crippen LogP contribution < -0.4 is 0 Å². The highest BCUT2D eigenvalue weighted by Crippen LogP contribution is 2.22. The monoisotopic (exact) mass is 250 g/mol. The molecule has 3 nitrogen and oxygen atoms in total. The van der Waals surface area contributed by atoms with E-state index in [0.29, 0.717) is 5.57 Å². The van der Waals surface area contributed by atoms with E-state index in [1.165, 1.54) is 6.92 Å². The van der Waals surface area contributed by atoms with Gasteiger partial charge < -0.3 is 4.74 Å². The van der Waals surface area contributed by atoms with Gasteiger partial charge in [0.1, 0.15) is 6.54 Å². The van der Waals surface area contributed by atoms with Crippen LogP contribution in [0.15, 0.2) is 12.2 Å². The van der Waals surface area contributed by atoms with Crippen LogP contribution in [-0.4, -0.2) is 43.5 Å². The van der Waals surface area contributed by atoms with E-state index in [2.05, 4.69) is 17.2 Å². The molecule has 0 saturated heterocycles. The van der Waals surface area contributed by atoms with E-state index in [1.807, 2.05) is 0 Å². The van der Waals surface area contributed by atoms with Gasteiger partial charge in [-0.25, -0.2) is 4.79 Å². The van der Waals surface area contributed by atoms with Crippen LogP contribution in [0, 0.1) is 12.3 Å². The smallest absolute Gasteiger partial charge is 0.401 e. The molecule has 1 unspecified atom stereocenters. The van der Waals surface area contributed by atoms with Gasteiger partial charge in [0.05, 0.1) is 14.1 Å². The quantitative estimate of drug-likeness (QED) is 0.249. The lowest BCUT2D eigenvalue weighted by Crippen LogP contribution is -2.52. The number of quaternary nitrogens is 1. The van der Waals surface area contributed by atoms with Crippen molar-refractivity contribution >= 4 is 5.97 Å². The minimum Gasteiger partial charge on any atom is -0.401 e. The van der Waals surface area contributed by atoms with Crippen molar-refractivity contribution in [3.63, 3.8) is 0 Å². The zero-order chi connectivity index (χ0) is 13.9. The third-order valence-electron chi connectivity index (χ3n) is 2.01. The Morgan fingerprint density at radius 1 is 1.53 bits per heavy atom. The van der Waals surface area contributed by atoms with Gasteiger partial charge in [-0.05, 0) is 12.8 Å². The maximum Gasteiger partial charge on any atom is 0.491 e. The Hall–Kier alpha value is -1.48. The van der Waals surface area contributed by atoms with Crippen LogP contribution in [0.1, 0.15) is 6.92 Å². The fraction of sp³-hybridized carbons (Fsp3) is 0.545. The minimum absolute atomic E-state index is 0.104. The number of terminal acetylenes is 1. The Morgan fingerprint density at radius 2 is 2.00 bits per heavy atom. The van der Waals surface area contributed by atoms with Gasteiger partial charge in [-0.1, -0.05) is 6.58 Å². The average Bonchev–Trinajstić information content (AvgIpc) is 2.10. The molecule has 17 heavy (non-hydrogen) atoms. The van der Waals surface area contributed by atoms with Gasteiger partial charge in [-0.3, -0.25) is 4.48 Å². The number of ether oxygens (including phenoxy) is 1. The van der Waals surface area contributed by atoms with Crippen LogP contribution in [0.2, 0.25) is 0 Å². The minimum atomic E-state index is -5.02. The first-order valence-electron chi connectivity index (χ1n) is 4.71. The summed E-state index contributed by atoms with van der Waals surface area (Å²) in [6, 6.07) is 0. The topological polar surface area (TPSA) is 26.3 Å². The number of hydrogen-bond donors (Lipinski definition) is 0. The van der Waals surface area contributed by atoms with Gasteiger partial charge in [0, 0.05) is 5.57 Å². The third kappa shape index (κ3) is 4.49. The largest absolute Gasteiger partial charge is 0.491 e. The summed E-state index contributed by atoms with van der Waals surface area (Å²) in [4.78, 5) is 10.8. The maximum absolute atomic E-state index is 12.1. The lowest BCUT2D eigenvalue weighted by molar-refractivity contribution is -0.922. The molecule has 0 fully saturated rings. The summed E-state index contributed by atoms with van der Waals surface area (Å²) in [6.07, 6.45) is -1.04. The summed E-state index contributed by atoms with van der Waals surface area (Å²) in [5.74, 6) is 0.0719. The van der Waals surface area contributed by atoms with Crippen molar-refractivity contribution in [1.29, 1.82) is 0 Å². The SMILES string of the molecule is C#CC[N+](C)(C)C(OC(=O)C(F)(F)F)C(=C)C. The second-order valence-corrected chi connectivity index (χ2v) is 4.24. The molecule has 6 heteroatoms. The summed E-state index contributed by atoms with van der Waals surface area (Å²) in [7, 11) is 3.12. The number of hydrogen-bond acceptors (Lipinski definition) is 2. The average molecular weight is 250 g/mol. The lowest BCUT2D eigenvalue weighted by atomic mass is 10.2. The Bertz CT molecular complexity index is 353. The number of esters is 1. The van der Waals surface area contributed by atoms with Crippen LogP contribution in [0.3, 0.4) is 0 Å². The molecule has 0 amide bonds. The van der Waals surface area contributed by atoms with E-state index in [9.17, 15) is 18.0 Å². The molecule has 0 spiro atoms. The van der Waals surface area contributed by atoms with Crippen molar-refractivity contribution in [2.24, 2.45) is 0 Å². The van der Waals surface area contributed by atoms with Gasteiger partial charge in [0.25, 0.3) is 6.23 Å². The van der Waals surface area contributed by atoms with E-state index in [1.54, 1.807) is 14.1 Å². The molecular formula is C11H15F3NO2+. The normalized spacial score (nSPS) is 13.7. The van der Waals surface area contributed by atoms with E-state index in [4.69, 9.17) is 6.42 Å². The summed E-state index contributed by atoms with van der Waals surface area (Å²) >= 11 is 0. The molecule has 0 saturated carbocycles. The number of carbonyl (C=O) groups is 1. The highest BCUT2D eigenvalue weighted by Gasteiger charge is 2.45. The van der Waals surface area contributed by atoms with Crippen LogP contribution in [0.25, 0.3) is 0 Å². The number of likely N-dealkylation sites (N-methyl/N-ethyl adjacent to an activating group) is 1. The van der Waals surface area contributed by atoms with Gasteiger partial charge in [0.15, 0.2) is 0 Å². The van der Waals surface area contributed by atoms with Gasteiger partial charge in [-0.15, -0.1) is 6.42 Å². The van der Waals surface area contributed by atoms with Crippen molar-refractivity contribution in [2.45, 2.75) is 19.3 Å². The first kappa shape index (κ1) is 15.5. The van der Waals surface area contributed by atoms with E-state index in [-0.39, 0.29) is 11.0 Å². The van der Waals surface area contributed by atoms with Gasteiger partial charge in [0.2, 0.25) is 0 Å². The molecular weight excluding hydrogens is 235 g/mol. The standard InChI is InChI=1S/C11H15F3NO2/c1-6-7-15(4,5)9(8(2)3)17-10(16)11(12,13)14/h1,9H,2,7H2,3-5H3/q+1. The molecule has 0 rings (SSSR count). The highest BCUT2D eigenvalue weighted by atomic mass is 19.4. The molecule has 1 atom stereocenters. The summed E-state index contributed by atoms with van der Waals surface area (Å²) in [5.41, 5.74) is 0.294. The first-order valence-corrected chi connectivity index (χ1v) is 4.71. The third-order valence-corrected chi connectivity index (χ3v) is 2.01. The van der Waals surface area contributed by atoms with Crippen molar-refractivity contribution in [3.8, 4) is 12.3 Å². The molecule has 0 aliphatic rings. The van der Waals surface area contributed by atoms with Crippen molar-refractivity contribution < 1.29 is 27.2 Å². The molecule has 96 valence electrons. The van der Waals surface area contributed by atoms with Crippen LogP contribution in [0.4, 0.5) is 13.2 Å². The number of alkyl halides is 3. The van der Waals surface area contributed by atoms with Gasteiger partial charge >= 0.3 is 12.1 Å². The predicted octanol–water partition coefficient (Wildman–Crippen LogP) is 1.70. The molecule has 0 heterocycles. The second-order valence-electron chi connectivity index (χ2n) is 4.24. The van der Waals surface area contributed by atoms with E-state index >= 15 is 0 Å². The van der Waals surface area contributed by atoms with Crippen molar-refractivity contribution in [3.05, 3.63) is 12.2 Å². The fourth-order valence-electron chi connectivity index (χ4n) is 1.33. The van der Waals surface area contributed by atoms with Gasteiger partial charge in [-0.2, -0.15) is 13.2 Å². The Morgan fingerprint density at radius 3 is 2.29 bits per heavy atom. The molecule has 0 aliphatic carbocycles. The van der Waals surface area contributed by atoms with Crippen LogP contribution in [-0.2, 0) is 9.53 Å². The molecule has 0 aromatic heterocycles. The number of rotatable bonds is 4.